The molecule has 1 fully saturated rings. The number of hydrogen-bond acceptors (Lipinski definition) is 5. The Kier molecular flexibility index (Phi) is 4.45. The molecule has 7 nitrogen and oxygen atoms in total. The Morgan fingerprint density at radius 3 is 2.50 bits per heavy atom. The molecule has 0 spiro atoms. The van der Waals surface area contributed by atoms with E-state index in [0.717, 1.165) is 18.9 Å². The highest BCUT2D eigenvalue weighted by Gasteiger charge is 2.27. The molecule has 0 radical (unpaired) electrons. The predicted molar refractivity (Wildman–Crippen MR) is 85.1 cm³/mol. The first-order valence-corrected chi connectivity index (χ1v) is 8.73. The second kappa shape index (κ2) is 6.54. The number of hydrazine groups is 1. The van der Waals surface area contributed by atoms with E-state index in [0.29, 0.717) is 5.69 Å². The number of rotatable bonds is 6. The third-order valence-electron chi connectivity index (χ3n) is 3.37. The van der Waals surface area contributed by atoms with Crippen LogP contribution in [0.15, 0.2) is 47.5 Å². The average Bonchev–Trinajstić information content (AvgIpc) is 3.36. The van der Waals surface area contributed by atoms with Gasteiger partial charge < -0.3 is 0 Å². The van der Waals surface area contributed by atoms with Crippen molar-refractivity contribution in [2.45, 2.75) is 23.8 Å². The second-order valence-electron chi connectivity index (χ2n) is 5.37. The number of sulfonamides is 1. The maximum Gasteiger partial charge on any atom is 0.269 e. The van der Waals surface area contributed by atoms with Crippen molar-refractivity contribution in [3.63, 3.8) is 0 Å². The summed E-state index contributed by atoms with van der Waals surface area (Å²) in [7, 11) is -3.51. The highest BCUT2D eigenvalue weighted by Crippen LogP contribution is 2.22. The minimum absolute atomic E-state index is 0.0350. The van der Waals surface area contributed by atoms with Gasteiger partial charge in [0.2, 0.25) is 16.0 Å². The van der Waals surface area contributed by atoms with Gasteiger partial charge in [-0.1, -0.05) is 0 Å². The number of anilines is 1. The summed E-state index contributed by atoms with van der Waals surface area (Å²) in [5, 5.41) is 0. The standard InChI is InChI=1S/C15H15FN4O3S/c16-14-9-10(7-8-17-14)15(21)19-18-11-3-5-13(6-4-11)24(22,23)20-12-1-2-12/h3-9,12,18,20H,1-2H2,(H,19,21). The highest BCUT2D eigenvalue weighted by molar-refractivity contribution is 7.89. The summed E-state index contributed by atoms with van der Waals surface area (Å²) in [6.07, 6.45) is 2.91. The number of aromatic nitrogens is 1. The molecule has 1 aromatic carbocycles. The fourth-order valence-corrected chi connectivity index (χ4v) is 3.26. The number of carbonyl (C=O) groups excluding carboxylic acids is 1. The maximum atomic E-state index is 13.0. The van der Waals surface area contributed by atoms with Crippen LogP contribution >= 0.6 is 0 Å². The molecule has 3 N–H and O–H groups in total. The highest BCUT2D eigenvalue weighted by atomic mass is 32.2. The Labute approximate surface area is 138 Å². The van der Waals surface area contributed by atoms with Crippen molar-refractivity contribution in [2.24, 2.45) is 0 Å². The fraction of sp³-hybridized carbons (Fsp3) is 0.200. The van der Waals surface area contributed by atoms with Gasteiger partial charge >= 0.3 is 0 Å². The molecule has 1 heterocycles. The zero-order valence-electron chi connectivity index (χ0n) is 12.5. The lowest BCUT2D eigenvalue weighted by molar-refractivity contribution is 0.0962. The van der Waals surface area contributed by atoms with E-state index in [-0.39, 0.29) is 16.5 Å². The van der Waals surface area contributed by atoms with Crippen LogP contribution in [0.5, 0.6) is 0 Å². The van der Waals surface area contributed by atoms with Crippen LogP contribution in [0.4, 0.5) is 10.1 Å². The molecule has 0 saturated heterocycles. The quantitative estimate of drug-likeness (QED) is 0.540. The number of benzene rings is 1. The lowest BCUT2D eigenvalue weighted by Crippen LogP contribution is -2.29. The Hall–Kier alpha value is -2.52. The van der Waals surface area contributed by atoms with Crippen LogP contribution < -0.4 is 15.6 Å². The summed E-state index contributed by atoms with van der Waals surface area (Å²) in [6, 6.07) is 8.34. The van der Waals surface area contributed by atoms with Gasteiger partial charge in [0.1, 0.15) is 0 Å². The molecule has 0 bridgehead atoms. The molecule has 0 aliphatic heterocycles. The molecule has 0 atom stereocenters. The van der Waals surface area contributed by atoms with E-state index in [2.05, 4.69) is 20.6 Å². The topological polar surface area (TPSA) is 100 Å². The van der Waals surface area contributed by atoms with Gasteiger partial charge in [-0.2, -0.15) is 4.39 Å². The van der Waals surface area contributed by atoms with Gasteiger partial charge in [0, 0.05) is 23.9 Å². The van der Waals surface area contributed by atoms with Crippen molar-refractivity contribution < 1.29 is 17.6 Å². The molecule has 0 unspecified atom stereocenters. The second-order valence-corrected chi connectivity index (χ2v) is 7.08. The largest absolute Gasteiger partial charge is 0.298 e. The molecular weight excluding hydrogens is 335 g/mol. The molecule has 1 aliphatic rings. The van der Waals surface area contributed by atoms with Crippen LogP contribution in [0.2, 0.25) is 0 Å². The van der Waals surface area contributed by atoms with E-state index in [9.17, 15) is 17.6 Å². The predicted octanol–water partition coefficient (Wildman–Crippen LogP) is 1.42. The molecule has 2 aromatic rings. The third-order valence-corrected chi connectivity index (χ3v) is 4.91. The summed E-state index contributed by atoms with van der Waals surface area (Å²) >= 11 is 0. The minimum atomic E-state index is -3.51. The van der Waals surface area contributed by atoms with E-state index < -0.39 is 21.9 Å². The SMILES string of the molecule is O=C(NNc1ccc(S(=O)(=O)NC2CC2)cc1)c1ccnc(F)c1. The van der Waals surface area contributed by atoms with E-state index in [1.54, 1.807) is 0 Å². The first kappa shape index (κ1) is 16.3. The monoisotopic (exact) mass is 350 g/mol. The van der Waals surface area contributed by atoms with Crippen LogP contribution in [0, 0.1) is 5.95 Å². The van der Waals surface area contributed by atoms with Crippen molar-refractivity contribution in [3.05, 3.63) is 54.1 Å². The summed E-state index contributed by atoms with van der Waals surface area (Å²) in [5.41, 5.74) is 5.63. The lowest BCUT2D eigenvalue weighted by Gasteiger charge is -2.10. The molecule has 126 valence electrons. The van der Waals surface area contributed by atoms with E-state index in [1.807, 2.05) is 0 Å². The molecular formula is C15H15FN4O3S. The van der Waals surface area contributed by atoms with E-state index >= 15 is 0 Å². The molecule has 24 heavy (non-hydrogen) atoms. The van der Waals surface area contributed by atoms with Crippen LogP contribution in [0.3, 0.4) is 0 Å². The number of nitrogens with one attached hydrogen (secondary N) is 3. The number of pyridine rings is 1. The average molecular weight is 350 g/mol. The molecule has 1 saturated carbocycles. The fourth-order valence-electron chi connectivity index (χ4n) is 1.95. The van der Waals surface area contributed by atoms with Crippen molar-refractivity contribution in [2.75, 3.05) is 5.43 Å². The Morgan fingerprint density at radius 2 is 1.88 bits per heavy atom. The smallest absolute Gasteiger partial charge is 0.269 e. The molecule has 1 aromatic heterocycles. The van der Waals surface area contributed by atoms with E-state index in [4.69, 9.17) is 0 Å². The Morgan fingerprint density at radius 1 is 1.17 bits per heavy atom. The summed E-state index contributed by atoms with van der Waals surface area (Å²) in [5.74, 6) is -1.29. The van der Waals surface area contributed by atoms with Crippen molar-refractivity contribution in [1.82, 2.24) is 15.1 Å². The van der Waals surface area contributed by atoms with Crippen molar-refractivity contribution in [1.29, 1.82) is 0 Å². The van der Waals surface area contributed by atoms with Crippen LogP contribution in [0.1, 0.15) is 23.2 Å². The number of hydrogen-bond donors (Lipinski definition) is 3. The van der Waals surface area contributed by atoms with Gasteiger partial charge in [0.15, 0.2) is 0 Å². The van der Waals surface area contributed by atoms with Crippen molar-refractivity contribution in [3.8, 4) is 0 Å². The molecule has 1 amide bonds. The normalized spacial score (nSPS) is 14.2. The first-order chi connectivity index (χ1) is 11.4. The molecule has 9 heteroatoms. The minimum Gasteiger partial charge on any atom is -0.298 e. The summed E-state index contributed by atoms with van der Waals surface area (Å²) in [4.78, 5) is 15.4. The van der Waals surface area contributed by atoms with Gasteiger partial charge in [-0.25, -0.2) is 18.1 Å². The maximum absolute atomic E-state index is 13.0. The Balaban J connectivity index is 1.61. The van der Waals surface area contributed by atoms with Gasteiger partial charge in [-0.3, -0.25) is 15.6 Å². The van der Waals surface area contributed by atoms with Gasteiger partial charge in [-0.15, -0.1) is 0 Å². The lowest BCUT2D eigenvalue weighted by atomic mass is 10.2. The van der Waals surface area contributed by atoms with Gasteiger partial charge in [0.05, 0.1) is 10.6 Å². The number of carbonyl (C=O) groups is 1. The third kappa shape index (κ3) is 4.06. The van der Waals surface area contributed by atoms with Crippen LogP contribution in [-0.4, -0.2) is 25.4 Å². The zero-order chi connectivity index (χ0) is 17.2. The van der Waals surface area contributed by atoms with Gasteiger partial charge in [0.25, 0.3) is 5.91 Å². The summed E-state index contributed by atoms with van der Waals surface area (Å²) in [6.45, 7) is 0. The first-order valence-electron chi connectivity index (χ1n) is 7.24. The van der Waals surface area contributed by atoms with E-state index in [1.165, 1.54) is 36.5 Å². The van der Waals surface area contributed by atoms with Gasteiger partial charge in [-0.05, 0) is 43.2 Å². The molecule has 3 rings (SSSR count). The van der Waals surface area contributed by atoms with Crippen LogP contribution in [0.25, 0.3) is 0 Å². The Bertz CT molecular complexity index is 851. The number of halogens is 1. The summed E-state index contributed by atoms with van der Waals surface area (Å²) < 4.78 is 39.6. The molecule has 1 aliphatic carbocycles. The van der Waals surface area contributed by atoms with Crippen LogP contribution in [-0.2, 0) is 10.0 Å². The number of amides is 1. The van der Waals surface area contributed by atoms with Crippen molar-refractivity contribution >= 4 is 21.6 Å². The zero-order valence-corrected chi connectivity index (χ0v) is 13.3. The number of nitrogens with zero attached hydrogens (tertiary/aromatic N) is 1.